The van der Waals surface area contributed by atoms with E-state index in [0.717, 1.165) is 59.1 Å². The van der Waals surface area contributed by atoms with Crippen molar-refractivity contribution in [3.63, 3.8) is 0 Å². The first-order valence-corrected chi connectivity index (χ1v) is 11.9. The third kappa shape index (κ3) is 4.26. The Kier molecular flexibility index (Phi) is 6.84. The minimum absolute atomic E-state index is 0.341. The van der Waals surface area contributed by atoms with Crippen LogP contribution in [0, 0.1) is 0 Å². The van der Waals surface area contributed by atoms with Crippen LogP contribution >= 0.6 is 0 Å². The predicted molar refractivity (Wildman–Crippen MR) is 136 cm³/mol. The summed E-state index contributed by atoms with van der Waals surface area (Å²) in [6.07, 6.45) is 3.55. The summed E-state index contributed by atoms with van der Waals surface area (Å²) >= 11 is 0. The minimum Gasteiger partial charge on any atom is -0.508 e. The molecule has 4 aromatic rings. The summed E-state index contributed by atoms with van der Waals surface area (Å²) in [5.41, 5.74) is 5.84. The van der Waals surface area contributed by atoms with Crippen LogP contribution in [-0.4, -0.2) is 10.2 Å². The van der Waals surface area contributed by atoms with Gasteiger partial charge in [-0.05, 0) is 58.4 Å². The van der Waals surface area contributed by atoms with Crippen molar-refractivity contribution < 1.29 is 10.2 Å². The molecular formula is C31H32O2. The molecule has 0 fully saturated rings. The lowest BCUT2D eigenvalue weighted by Crippen LogP contribution is -2.31. The molecule has 2 heteroatoms. The average Bonchev–Trinajstić information content (AvgIpc) is 2.85. The third-order valence-corrected chi connectivity index (χ3v) is 6.48. The maximum Gasteiger partial charge on any atom is 0.118 e. The molecule has 33 heavy (non-hydrogen) atoms. The second kappa shape index (κ2) is 9.95. The highest BCUT2D eigenvalue weighted by Crippen LogP contribution is 2.47. The van der Waals surface area contributed by atoms with Crippen molar-refractivity contribution in [2.24, 2.45) is 0 Å². The van der Waals surface area contributed by atoms with E-state index in [9.17, 15) is 10.2 Å². The topological polar surface area (TPSA) is 40.5 Å². The van der Waals surface area contributed by atoms with E-state index in [1.807, 2.05) is 36.4 Å². The second-order valence-corrected chi connectivity index (χ2v) is 8.67. The Morgan fingerprint density at radius 1 is 0.515 bits per heavy atom. The van der Waals surface area contributed by atoms with Crippen LogP contribution in [-0.2, 0) is 18.3 Å². The lowest BCUT2D eigenvalue weighted by Gasteiger charge is -2.37. The van der Waals surface area contributed by atoms with Crippen molar-refractivity contribution in [2.75, 3.05) is 0 Å². The molecule has 0 unspecified atom stereocenters. The molecule has 0 atom stereocenters. The number of aromatic hydroxyl groups is 2. The maximum absolute atomic E-state index is 10.6. The summed E-state index contributed by atoms with van der Waals surface area (Å²) in [7, 11) is 0. The molecule has 2 N–H and O–H groups in total. The summed E-state index contributed by atoms with van der Waals surface area (Å²) in [5.74, 6) is 0.681. The van der Waals surface area contributed by atoms with Crippen LogP contribution in [0.3, 0.4) is 0 Å². The van der Waals surface area contributed by atoms with E-state index in [1.54, 1.807) is 0 Å². The van der Waals surface area contributed by atoms with Crippen molar-refractivity contribution in [1.82, 2.24) is 0 Å². The molecule has 0 heterocycles. The molecule has 4 aromatic carbocycles. The smallest absolute Gasteiger partial charge is 0.118 e. The van der Waals surface area contributed by atoms with E-state index in [2.05, 4.69) is 74.5 Å². The molecule has 0 aliphatic rings. The second-order valence-electron chi connectivity index (χ2n) is 8.67. The fourth-order valence-corrected chi connectivity index (χ4v) is 4.95. The van der Waals surface area contributed by atoms with Gasteiger partial charge in [-0.15, -0.1) is 0 Å². The average molecular weight is 437 g/mol. The van der Waals surface area contributed by atoms with E-state index in [4.69, 9.17) is 0 Å². The van der Waals surface area contributed by atoms with Crippen LogP contribution in [0.5, 0.6) is 11.5 Å². The number of hydrogen-bond donors (Lipinski definition) is 2. The van der Waals surface area contributed by atoms with Gasteiger partial charge in [0.05, 0.1) is 5.41 Å². The van der Waals surface area contributed by atoms with Gasteiger partial charge < -0.3 is 10.2 Å². The Labute approximate surface area is 197 Å². The zero-order chi connectivity index (χ0) is 23.3. The standard InChI is InChI=1S/C31H32O2/c1-3-11-23-21-27(17-19-29(23)32)31(25-13-7-5-8-14-25,26-15-9-6-10-16-26)28-18-20-30(33)24(22-28)12-4-2/h5-10,13-22,32-33H,3-4,11-12H2,1-2H3. The molecule has 4 rings (SSSR count). The Hall–Kier alpha value is -3.52. The number of phenolic OH excluding ortho intramolecular Hbond substituents is 2. The van der Waals surface area contributed by atoms with Crippen molar-refractivity contribution in [2.45, 2.75) is 44.9 Å². The number of hydrogen-bond acceptors (Lipinski definition) is 2. The zero-order valence-electron chi connectivity index (χ0n) is 19.5. The molecule has 0 bridgehead atoms. The Bertz CT molecular complexity index is 1100. The first kappa shape index (κ1) is 22.7. The van der Waals surface area contributed by atoms with Gasteiger partial charge >= 0.3 is 0 Å². The highest BCUT2D eigenvalue weighted by atomic mass is 16.3. The van der Waals surface area contributed by atoms with E-state index in [1.165, 1.54) is 0 Å². The normalized spacial score (nSPS) is 11.5. The van der Waals surface area contributed by atoms with E-state index in [0.29, 0.717) is 11.5 Å². The van der Waals surface area contributed by atoms with Crippen LogP contribution in [0.25, 0.3) is 0 Å². The molecule has 0 saturated heterocycles. The van der Waals surface area contributed by atoms with Crippen LogP contribution in [0.1, 0.15) is 60.1 Å². The van der Waals surface area contributed by atoms with Gasteiger partial charge in [-0.2, -0.15) is 0 Å². The zero-order valence-corrected chi connectivity index (χ0v) is 19.5. The largest absolute Gasteiger partial charge is 0.508 e. The quantitative estimate of drug-likeness (QED) is 0.283. The van der Waals surface area contributed by atoms with Gasteiger partial charge in [0.2, 0.25) is 0 Å². The van der Waals surface area contributed by atoms with E-state index in [-0.39, 0.29) is 0 Å². The van der Waals surface area contributed by atoms with Crippen molar-refractivity contribution in [3.05, 3.63) is 130 Å². The van der Waals surface area contributed by atoms with Gasteiger partial charge in [-0.3, -0.25) is 0 Å². The van der Waals surface area contributed by atoms with Crippen molar-refractivity contribution in [3.8, 4) is 11.5 Å². The summed E-state index contributed by atoms with van der Waals surface area (Å²) in [6, 6.07) is 33.1. The van der Waals surface area contributed by atoms with Gasteiger partial charge in [0, 0.05) is 0 Å². The molecule has 2 nitrogen and oxygen atoms in total. The van der Waals surface area contributed by atoms with E-state index < -0.39 is 5.41 Å². The molecule has 0 aliphatic carbocycles. The van der Waals surface area contributed by atoms with Crippen molar-refractivity contribution >= 4 is 0 Å². The lowest BCUT2D eigenvalue weighted by atomic mass is 9.64. The Balaban J connectivity index is 2.12. The SMILES string of the molecule is CCCc1cc(C(c2ccccc2)(c2ccccc2)c2ccc(O)c(CCC)c2)ccc1O. The molecule has 0 aliphatic heterocycles. The molecule has 0 aromatic heterocycles. The molecule has 0 amide bonds. The Morgan fingerprint density at radius 3 is 1.27 bits per heavy atom. The Morgan fingerprint density at radius 2 is 0.909 bits per heavy atom. The summed E-state index contributed by atoms with van der Waals surface area (Å²) in [6.45, 7) is 4.26. The molecule has 168 valence electrons. The number of rotatable bonds is 8. The first-order valence-electron chi connectivity index (χ1n) is 11.9. The predicted octanol–water partition coefficient (Wildman–Crippen LogP) is 7.39. The number of benzene rings is 4. The molecule has 0 radical (unpaired) electrons. The fraction of sp³-hybridized carbons (Fsp3) is 0.226. The molecule has 0 saturated carbocycles. The van der Waals surface area contributed by atoms with Gasteiger partial charge in [0.1, 0.15) is 11.5 Å². The van der Waals surface area contributed by atoms with Gasteiger partial charge in [-0.25, -0.2) is 0 Å². The molecular weight excluding hydrogens is 404 g/mol. The summed E-state index contributed by atoms with van der Waals surface area (Å²) in [4.78, 5) is 0. The van der Waals surface area contributed by atoms with E-state index >= 15 is 0 Å². The third-order valence-electron chi connectivity index (χ3n) is 6.48. The number of phenols is 2. The van der Waals surface area contributed by atoms with Crippen molar-refractivity contribution in [1.29, 1.82) is 0 Å². The lowest BCUT2D eigenvalue weighted by molar-refractivity contribution is 0.466. The highest BCUT2D eigenvalue weighted by Gasteiger charge is 2.39. The van der Waals surface area contributed by atoms with Gasteiger partial charge in [-0.1, -0.05) is 112 Å². The monoisotopic (exact) mass is 436 g/mol. The summed E-state index contributed by atoms with van der Waals surface area (Å²) in [5, 5.41) is 21.1. The highest BCUT2D eigenvalue weighted by molar-refractivity contribution is 5.62. The van der Waals surface area contributed by atoms with Crippen LogP contribution < -0.4 is 0 Å². The fourth-order valence-electron chi connectivity index (χ4n) is 4.95. The van der Waals surface area contributed by atoms with Gasteiger partial charge in [0.15, 0.2) is 0 Å². The van der Waals surface area contributed by atoms with Crippen LogP contribution in [0.4, 0.5) is 0 Å². The minimum atomic E-state index is -0.588. The van der Waals surface area contributed by atoms with Crippen LogP contribution in [0.2, 0.25) is 0 Å². The summed E-state index contributed by atoms with van der Waals surface area (Å²) < 4.78 is 0. The van der Waals surface area contributed by atoms with Gasteiger partial charge in [0.25, 0.3) is 0 Å². The van der Waals surface area contributed by atoms with Crippen LogP contribution in [0.15, 0.2) is 97.1 Å². The maximum atomic E-state index is 10.6. The number of aryl methyl sites for hydroxylation is 2. The first-order chi connectivity index (χ1) is 16.1. The molecule has 0 spiro atoms.